The maximum Gasteiger partial charge on any atom is 0.237 e. The lowest BCUT2D eigenvalue weighted by molar-refractivity contribution is -0.118. The lowest BCUT2D eigenvalue weighted by Crippen LogP contribution is -2.17. The van der Waals surface area contributed by atoms with E-state index in [0.717, 1.165) is 16.5 Å². The van der Waals surface area contributed by atoms with E-state index in [1.807, 2.05) is 30.5 Å². The number of para-hydroxylation sites is 1. The first kappa shape index (κ1) is 14.0. The van der Waals surface area contributed by atoms with Crippen molar-refractivity contribution >= 4 is 28.7 Å². The van der Waals surface area contributed by atoms with Crippen LogP contribution in [0.5, 0.6) is 0 Å². The third-order valence-electron chi connectivity index (χ3n) is 3.32. The van der Waals surface area contributed by atoms with Crippen molar-refractivity contribution in [3.05, 3.63) is 66.1 Å². The van der Waals surface area contributed by atoms with Crippen LogP contribution in [0.25, 0.3) is 10.9 Å². The van der Waals surface area contributed by atoms with Crippen molar-refractivity contribution in [3.63, 3.8) is 0 Å². The number of nitrogens with zero attached hydrogens (tertiary/aromatic N) is 2. The molecule has 0 saturated heterocycles. The topological polar surface area (TPSA) is 60.4 Å². The zero-order valence-electron chi connectivity index (χ0n) is 11.7. The number of hydrogen-bond acceptors (Lipinski definition) is 2. The molecule has 2 N–H and O–H groups in total. The molecular formula is C17H14FN3O. The number of primary amides is 1. The Labute approximate surface area is 126 Å². The number of rotatable bonds is 4. The number of nitrogens with two attached hydrogens (primary N) is 1. The molecule has 1 heterocycles. The van der Waals surface area contributed by atoms with Gasteiger partial charge in [0.05, 0.1) is 5.69 Å². The van der Waals surface area contributed by atoms with Gasteiger partial charge in [0.2, 0.25) is 5.91 Å². The first-order valence-corrected chi connectivity index (χ1v) is 6.79. The predicted octanol–water partition coefficient (Wildman–Crippen LogP) is 3.02. The van der Waals surface area contributed by atoms with Crippen LogP contribution >= 0.6 is 0 Å². The normalized spacial score (nSPS) is 11.3. The summed E-state index contributed by atoms with van der Waals surface area (Å²) < 4.78 is 14.7. The molecule has 0 fully saturated rings. The fourth-order valence-corrected chi connectivity index (χ4v) is 2.35. The first-order chi connectivity index (χ1) is 10.6. The number of aliphatic imine (C=N–C) groups is 1. The number of carbonyl (C=O) groups is 1. The second-order valence-corrected chi connectivity index (χ2v) is 4.93. The molecular weight excluding hydrogens is 281 g/mol. The molecule has 0 atom stereocenters. The zero-order chi connectivity index (χ0) is 15.5. The van der Waals surface area contributed by atoms with E-state index in [1.54, 1.807) is 22.9 Å². The molecule has 0 aliphatic rings. The Morgan fingerprint density at radius 3 is 2.64 bits per heavy atom. The molecule has 3 rings (SSSR count). The summed E-state index contributed by atoms with van der Waals surface area (Å²) in [6, 6.07) is 13.6. The highest BCUT2D eigenvalue weighted by Gasteiger charge is 2.08. The smallest absolute Gasteiger partial charge is 0.237 e. The largest absolute Gasteiger partial charge is 0.368 e. The summed E-state index contributed by atoms with van der Waals surface area (Å²) in [5, 5.41) is 0.981. The molecule has 0 saturated carbocycles. The van der Waals surface area contributed by atoms with Crippen LogP contribution in [0.2, 0.25) is 0 Å². The third kappa shape index (κ3) is 2.88. The van der Waals surface area contributed by atoms with Crippen LogP contribution in [0.4, 0.5) is 10.1 Å². The number of carbonyl (C=O) groups excluding carboxylic acids is 1. The van der Waals surface area contributed by atoms with Crippen molar-refractivity contribution in [1.29, 1.82) is 0 Å². The summed E-state index contributed by atoms with van der Waals surface area (Å²) in [4.78, 5) is 15.5. The first-order valence-electron chi connectivity index (χ1n) is 6.79. The molecule has 1 aromatic heterocycles. The highest BCUT2D eigenvalue weighted by Crippen LogP contribution is 2.21. The van der Waals surface area contributed by atoms with E-state index in [9.17, 15) is 9.18 Å². The molecule has 0 radical (unpaired) electrons. The van der Waals surface area contributed by atoms with E-state index < -0.39 is 5.91 Å². The summed E-state index contributed by atoms with van der Waals surface area (Å²) in [5.41, 5.74) is 7.73. The van der Waals surface area contributed by atoms with Crippen LogP contribution in [0.1, 0.15) is 5.56 Å². The number of benzene rings is 2. The Kier molecular flexibility index (Phi) is 3.70. The van der Waals surface area contributed by atoms with Gasteiger partial charge in [-0.1, -0.05) is 18.2 Å². The van der Waals surface area contributed by atoms with Gasteiger partial charge in [0, 0.05) is 28.9 Å². The quantitative estimate of drug-likeness (QED) is 0.739. The van der Waals surface area contributed by atoms with Crippen molar-refractivity contribution in [3.8, 4) is 0 Å². The molecule has 0 bridgehead atoms. The molecule has 0 aliphatic carbocycles. The minimum Gasteiger partial charge on any atom is -0.368 e. The van der Waals surface area contributed by atoms with Gasteiger partial charge in [-0.05, 0) is 30.3 Å². The summed E-state index contributed by atoms with van der Waals surface area (Å²) in [6.45, 7) is 0.116. The summed E-state index contributed by atoms with van der Waals surface area (Å²) in [5.74, 6) is -0.695. The van der Waals surface area contributed by atoms with E-state index in [1.165, 1.54) is 12.1 Å². The van der Waals surface area contributed by atoms with Crippen LogP contribution in [0.3, 0.4) is 0 Å². The van der Waals surface area contributed by atoms with E-state index in [4.69, 9.17) is 5.73 Å². The van der Waals surface area contributed by atoms with Crippen LogP contribution in [-0.2, 0) is 11.3 Å². The molecule has 5 heteroatoms. The summed E-state index contributed by atoms with van der Waals surface area (Å²) >= 11 is 0. The van der Waals surface area contributed by atoms with Crippen molar-refractivity contribution in [2.45, 2.75) is 6.54 Å². The van der Waals surface area contributed by atoms with E-state index in [-0.39, 0.29) is 12.4 Å². The number of fused-ring (bicyclic) bond motifs is 1. The number of aromatic nitrogens is 1. The average Bonchev–Trinajstić information content (AvgIpc) is 2.84. The highest BCUT2D eigenvalue weighted by atomic mass is 19.1. The summed E-state index contributed by atoms with van der Waals surface area (Å²) in [7, 11) is 0. The molecule has 0 aliphatic heterocycles. The van der Waals surface area contributed by atoms with Crippen LogP contribution < -0.4 is 5.73 Å². The third-order valence-corrected chi connectivity index (χ3v) is 3.32. The molecule has 22 heavy (non-hydrogen) atoms. The number of amides is 1. The lowest BCUT2D eigenvalue weighted by Gasteiger charge is -2.00. The second kappa shape index (κ2) is 5.81. The molecule has 3 aromatic rings. The minimum absolute atomic E-state index is 0.116. The van der Waals surface area contributed by atoms with Gasteiger partial charge in [0.15, 0.2) is 0 Å². The standard InChI is InChI=1S/C17H14FN3O/c18-13-5-7-14(8-6-13)20-9-12-10-21(11-17(19)22)16-4-2-1-3-15(12)16/h1-10H,11H2,(H2,19,22). The number of halogens is 1. The Morgan fingerprint density at radius 1 is 1.18 bits per heavy atom. The van der Waals surface area contributed by atoms with Crippen molar-refractivity contribution < 1.29 is 9.18 Å². The van der Waals surface area contributed by atoms with Crippen LogP contribution in [0, 0.1) is 5.82 Å². The lowest BCUT2D eigenvalue weighted by atomic mass is 10.2. The van der Waals surface area contributed by atoms with Gasteiger partial charge >= 0.3 is 0 Å². The Hall–Kier alpha value is -2.95. The summed E-state index contributed by atoms with van der Waals surface area (Å²) in [6.07, 6.45) is 3.54. The Balaban J connectivity index is 1.99. The maximum absolute atomic E-state index is 12.9. The monoisotopic (exact) mass is 295 g/mol. The van der Waals surface area contributed by atoms with Gasteiger partial charge in [0.25, 0.3) is 0 Å². The van der Waals surface area contributed by atoms with Gasteiger partial charge in [-0.3, -0.25) is 9.79 Å². The van der Waals surface area contributed by atoms with Gasteiger partial charge in [-0.2, -0.15) is 0 Å². The second-order valence-electron chi connectivity index (χ2n) is 4.93. The molecule has 110 valence electrons. The Bertz CT molecular complexity index is 850. The number of hydrogen-bond donors (Lipinski definition) is 1. The molecule has 2 aromatic carbocycles. The fraction of sp³-hybridized carbons (Fsp3) is 0.0588. The van der Waals surface area contributed by atoms with Gasteiger partial charge < -0.3 is 10.3 Å². The van der Waals surface area contributed by atoms with E-state index in [0.29, 0.717) is 5.69 Å². The molecule has 4 nitrogen and oxygen atoms in total. The predicted molar refractivity (Wildman–Crippen MR) is 84.8 cm³/mol. The average molecular weight is 295 g/mol. The highest BCUT2D eigenvalue weighted by molar-refractivity contribution is 6.00. The Morgan fingerprint density at radius 2 is 1.91 bits per heavy atom. The SMILES string of the molecule is NC(=O)Cn1cc(C=Nc2ccc(F)cc2)c2ccccc21. The minimum atomic E-state index is -0.400. The zero-order valence-corrected chi connectivity index (χ0v) is 11.7. The molecule has 1 amide bonds. The van der Waals surface area contributed by atoms with Gasteiger partial charge in [-0.15, -0.1) is 0 Å². The van der Waals surface area contributed by atoms with Crippen molar-refractivity contribution in [2.24, 2.45) is 10.7 Å². The fourth-order valence-electron chi connectivity index (χ4n) is 2.35. The maximum atomic E-state index is 12.9. The van der Waals surface area contributed by atoms with E-state index >= 15 is 0 Å². The van der Waals surface area contributed by atoms with Gasteiger partial charge in [0.1, 0.15) is 12.4 Å². The van der Waals surface area contributed by atoms with E-state index in [2.05, 4.69) is 4.99 Å². The van der Waals surface area contributed by atoms with Crippen molar-refractivity contribution in [2.75, 3.05) is 0 Å². The van der Waals surface area contributed by atoms with Crippen LogP contribution in [0.15, 0.2) is 59.7 Å². The van der Waals surface area contributed by atoms with Crippen molar-refractivity contribution in [1.82, 2.24) is 4.57 Å². The molecule has 0 unspecified atom stereocenters. The van der Waals surface area contributed by atoms with Crippen LogP contribution in [-0.4, -0.2) is 16.7 Å². The van der Waals surface area contributed by atoms with Gasteiger partial charge in [-0.25, -0.2) is 4.39 Å². The molecule has 0 spiro atoms.